The first-order chi connectivity index (χ1) is 14.0. The molecule has 0 aromatic heterocycles. The molecule has 2 N–H and O–H groups in total. The first-order valence-electron chi connectivity index (χ1n) is 9.94. The van der Waals surface area contributed by atoms with Gasteiger partial charge in [0.25, 0.3) is 0 Å². The SMILES string of the molecule is COc1ccc(CSC2(C(N)C(=O)OCc3ccccc3)CCN(C)CC2)cc1. The zero-order valence-electron chi connectivity index (χ0n) is 17.2. The van der Waals surface area contributed by atoms with Gasteiger partial charge in [-0.15, -0.1) is 11.8 Å². The van der Waals surface area contributed by atoms with Crippen LogP contribution in [-0.4, -0.2) is 48.9 Å². The smallest absolute Gasteiger partial charge is 0.324 e. The Labute approximate surface area is 177 Å². The number of nitrogens with two attached hydrogens (primary N) is 1. The van der Waals surface area contributed by atoms with E-state index in [2.05, 4.69) is 24.1 Å². The molecule has 1 aliphatic rings. The Morgan fingerprint density at radius 3 is 2.38 bits per heavy atom. The van der Waals surface area contributed by atoms with Crippen LogP contribution in [0.2, 0.25) is 0 Å². The van der Waals surface area contributed by atoms with Crippen molar-refractivity contribution >= 4 is 17.7 Å². The molecule has 0 aliphatic carbocycles. The van der Waals surface area contributed by atoms with Crippen molar-refractivity contribution in [1.29, 1.82) is 0 Å². The number of ether oxygens (including phenoxy) is 2. The number of piperidine rings is 1. The van der Waals surface area contributed by atoms with E-state index in [9.17, 15) is 4.79 Å². The van der Waals surface area contributed by atoms with Gasteiger partial charge in [-0.3, -0.25) is 4.79 Å². The normalized spacial score (nSPS) is 17.5. The predicted molar refractivity (Wildman–Crippen MR) is 118 cm³/mol. The highest BCUT2D eigenvalue weighted by molar-refractivity contribution is 8.00. The molecule has 0 amide bonds. The van der Waals surface area contributed by atoms with Crippen LogP contribution in [0.4, 0.5) is 0 Å². The fourth-order valence-electron chi connectivity index (χ4n) is 3.52. The van der Waals surface area contributed by atoms with E-state index in [0.29, 0.717) is 0 Å². The lowest BCUT2D eigenvalue weighted by Crippen LogP contribution is -2.56. The fraction of sp³-hybridized carbons (Fsp3) is 0.435. The summed E-state index contributed by atoms with van der Waals surface area (Å²) in [6.45, 7) is 2.11. The van der Waals surface area contributed by atoms with Gasteiger partial charge in [0.1, 0.15) is 18.4 Å². The lowest BCUT2D eigenvalue weighted by molar-refractivity contribution is -0.147. The molecule has 1 unspecified atom stereocenters. The van der Waals surface area contributed by atoms with Crippen molar-refractivity contribution in [3.05, 3.63) is 65.7 Å². The number of carbonyl (C=O) groups excluding carboxylic acids is 1. The summed E-state index contributed by atoms with van der Waals surface area (Å²) in [5.74, 6) is 1.32. The predicted octanol–water partition coefficient (Wildman–Crippen LogP) is 3.46. The number of benzene rings is 2. The number of hydrogen-bond acceptors (Lipinski definition) is 6. The quantitative estimate of drug-likeness (QED) is 0.668. The summed E-state index contributed by atoms with van der Waals surface area (Å²) in [6.07, 6.45) is 1.73. The van der Waals surface area contributed by atoms with Crippen molar-refractivity contribution in [3.8, 4) is 5.75 Å². The topological polar surface area (TPSA) is 64.8 Å². The van der Waals surface area contributed by atoms with E-state index >= 15 is 0 Å². The van der Waals surface area contributed by atoms with E-state index in [1.807, 2.05) is 42.5 Å². The number of likely N-dealkylation sites (tertiary alicyclic amines) is 1. The molecular formula is C23H30N2O3S. The second kappa shape index (κ2) is 10.1. The van der Waals surface area contributed by atoms with Gasteiger partial charge in [-0.05, 0) is 56.2 Å². The number of hydrogen-bond donors (Lipinski definition) is 1. The number of rotatable bonds is 8. The van der Waals surface area contributed by atoms with E-state index in [4.69, 9.17) is 15.2 Å². The number of esters is 1. The minimum atomic E-state index is -0.650. The van der Waals surface area contributed by atoms with Crippen LogP contribution in [0.1, 0.15) is 24.0 Å². The third kappa shape index (κ3) is 5.75. The van der Waals surface area contributed by atoms with E-state index in [1.165, 1.54) is 5.56 Å². The maximum absolute atomic E-state index is 12.8. The summed E-state index contributed by atoms with van der Waals surface area (Å²) in [6, 6.07) is 17.1. The van der Waals surface area contributed by atoms with Gasteiger partial charge in [-0.25, -0.2) is 0 Å². The monoisotopic (exact) mass is 414 g/mol. The van der Waals surface area contributed by atoms with Gasteiger partial charge in [0, 0.05) is 10.5 Å². The highest BCUT2D eigenvalue weighted by Gasteiger charge is 2.44. The second-order valence-electron chi connectivity index (χ2n) is 7.58. The molecule has 156 valence electrons. The van der Waals surface area contributed by atoms with Crippen LogP contribution >= 0.6 is 11.8 Å². The number of nitrogens with zero attached hydrogens (tertiary/aromatic N) is 1. The van der Waals surface area contributed by atoms with E-state index in [0.717, 1.165) is 43.0 Å². The molecule has 29 heavy (non-hydrogen) atoms. The highest BCUT2D eigenvalue weighted by atomic mass is 32.2. The summed E-state index contributed by atoms with van der Waals surface area (Å²) in [7, 11) is 3.77. The van der Waals surface area contributed by atoms with Crippen molar-refractivity contribution in [3.63, 3.8) is 0 Å². The molecule has 3 rings (SSSR count). The Morgan fingerprint density at radius 2 is 1.76 bits per heavy atom. The minimum Gasteiger partial charge on any atom is -0.497 e. The largest absolute Gasteiger partial charge is 0.497 e. The van der Waals surface area contributed by atoms with Gasteiger partial charge in [-0.1, -0.05) is 42.5 Å². The van der Waals surface area contributed by atoms with Crippen LogP contribution in [0.5, 0.6) is 5.75 Å². The second-order valence-corrected chi connectivity index (χ2v) is 8.97. The number of methoxy groups -OCH3 is 1. The molecule has 6 heteroatoms. The summed E-state index contributed by atoms with van der Waals surface area (Å²) < 4.78 is 10.5. The van der Waals surface area contributed by atoms with Gasteiger partial charge >= 0.3 is 5.97 Å². The molecule has 0 radical (unpaired) electrons. The van der Waals surface area contributed by atoms with Crippen LogP contribution < -0.4 is 10.5 Å². The molecule has 1 saturated heterocycles. The zero-order valence-corrected chi connectivity index (χ0v) is 18.0. The standard InChI is InChI=1S/C23H30N2O3S/c1-25-14-12-23(13-15-25,29-17-19-8-10-20(27-2)11-9-19)21(24)22(26)28-16-18-6-4-3-5-7-18/h3-11,21H,12-17,24H2,1-2H3. The summed E-state index contributed by atoms with van der Waals surface area (Å²) >= 11 is 1.78. The molecule has 1 atom stereocenters. The summed E-state index contributed by atoms with van der Waals surface area (Å²) in [5.41, 5.74) is 8.67. The van der Waals surface area contributed by atoms with Gasteiger partial charge in [0.2, 0.25) is 0 Å². The Bertz CT molecular complexity index is 774. The third-order valence-electron chi connectivity index (χ3n) is 5.56. The molecule has 2 aromatic rings. The van der Waals surface area contributed by atoms with Crippen LogP contribution in [0.25, 0.3) is 0 Å². The van der Waals surface area contributed by atoms with E-state index < -0.39 is 6.04 Å². The van der Waals surface area contributed by atoms with Gasteiger partial charge in [0.05, 0.1) is 7.11 Å². The Morgan fingerprint density at radius 1 is 1.10 bits per heavy atom. The lowest BCUT2D eigenvalue weighted by atomic mass is 9.88. The molecule has 1 fully saturated rings. The number of thioether (sulfide) groups is 1. The average Bonchev–Trinajstić information content (AvgIpc) is 2.78. The molecule has 2 aromatic carbocycles. The van der Waals surface area contributed by atoms with Gasteiger partial charge in [0.15, 0.2) is 0 Å². The molecule has 1 aliphatic heterocycles. The molecule has 1 heterocycles. The average molecular weight is 415 g/mol. The summed E-state index contributed by atoms with van der Waals surface area (Å²) in [5, 5.41) is 0. The highest BCUT2D eigenvalue weighted by Crippen LogP contribution is 2.40. The molecular weight excluding hydrogens is 384 g/mol. The van der Waals surface area contributed by atoms with Crippen molar-refractivity contribution < 1.29 is 14.3 Å². The van der Waals surface area contributed by atoms with Crippen molar-refractivity contribution in [1.82, 2.24) is 4.90 Å². The zero-order chi connectivity index (χ0) is 20.7. The Balaban J connectivity index is 1.66. The molecule has 5 nitrogen and oxygen atoms in total. The molecule has 0 bridgehead atoms. The lowest BCUT2D eigenvalue weighted by Gasteiger charge is -2.43. The van der Waals surface area contributed by atoms with Crippen LogP contribution in [0.15, 0.2) is 54.6 Å². The number of carbonyl (C=O) groups is 1. The molecule has 0 spiro atoms. The van der Waals surface area contributed by atoms with E-state index in [-0.39, 0.29) is 17.3 Å². The third-order valence-corrected chi connectivity index (χ3v) is 7.28. The van der Waals surface area contributed by atoms with Crippen molar-refractivity contribution in [2.24, 2.45) is 5.73 Å². The van der Waals surface area contributed by atoms with Crippen molar-refractivity contribution in [2.75, 3.05) is 27.2 Å². The maximum Gasteiger partial charge on any atom is 0.324 e. The van der Waals surface area contributed by atoms with Crippen LogP contribution in [-0.2, 0) is 21.9 Å². The first kappa shape index (κ1) is 21.7. The first-order valence-corrected chi connectivity index (χ1v) is 10.9. The van der Waals surface area contributed by atoms with Crippen LogP contribution in [0.3, 0.4) is 0 Å². The van der Waals surface area contributed by atoms with Gasteiger partial charge < -0.3 is 20.1 Å². The molecule has 0 saturated carbocycles. The summed E-state index contributed by atoms with van der Waals surface area (Å²) in [4.78, 5) is 15.1. The van der Waals surface area contributed by atoms with E-state index in [1.54, 1.807) is 18.9 Å². The maximum atomic E-state index is 12.8. The Hall–Kier alpha value is -2.02. The van der Waals surface area contributed by atoms with Crippen molar-refractivity contribution in [2.45, 2.75) is 36.0 Å². The minimum absolute atomic E-state index is 0.256. The van der Waals surface area contributed by atoms with Gasteiger partial charge in [-0.2, -0.15) is 0 Å². The van der Waals surface area contributed by atoms with Crippen LogP contribution in [0, 0.1) is 0 Å². The fourth-order valence-corrected chi connectivity index (χ4v) is 4.92. The Kier molecular flexibility index (Phi) is 7.58.